The predicted molar refractivity (Wildman–Crippen MR) is 82.5 cm³/mol. The lowest BCUT2D eigenvalue weighted by Gasteiger charge is -2.37. The van der Waals surface area contributed by atoms with Crippen LogP contribution in [0.15, 0.2) is 18.2 Å². The zero-order chi connectivity index (χ0) is 14.6. The summed E-state index contributed by atoms with van der Waals surface area (Å²) in [5.74, 6) is 1.61. The van der Waals surface area contributed by atoms with Crippen LogP contribution < -0.4 is 14.8 Å². The quantitative estimate of drug-likeness (QED) is 0.854. The van der Waals surface area contributed by atoms with Crippen LogP contribution in [0.2, 0.25) is 0 Å². The van der Waals surface area contributed by atoms with E-state index in [1.54, 1.807) is 14.2 Å². The maximum atomic E-state index is 5.45. The van der Waals surface area contributed by atoms with E-state index in [1.807, 2.05) is 6.07 Å². The van der Waals surface area contributed by atoms with E-state index in [2.05, 4.69) is 31.4 Å². The molecule has 0 bridgehead atoms. The van der Waals surface area contributed by atoms with E-state index in [0.29, 0.717) is 11.5 Å². The zero-order valence-electron chi connectivity index (χ0n) is 13.2. The first-order valence-corrected chi connectivity index (χ1v) is 7.60. The molecule has 1 aliphatic rings. The van der Waals surface area contributed by atoms with Gasteiger partial charge in [0.05, 0.1) is 14.2 Å². The van der Waals surface area contributed by atoms with Crippen LogP contribution in [-0.2, 0) is 0 Å². The molecule has 0 amide bonds. The van der Waals surface area contributed by atoms with Crippen molar-refractivity contribution in [1.82, 2.24) is 5.32 Å². The smallest absolute Gasteiger partial charge is 0.161 e. The highest BCUT2D eigenvalue weighted by atomic mass is 16.5. The van der Waals surface area contributed by atoms with Crippen molar-refractivity contribution in [2.24, 2.45) is 5.41 Å². The molecule has 20 heavy (non-hydrogen) atoms. The van der Waals surface area contributed by atoms with Crippen molar-refractivity contribution in [2.75, 3.05) is 21.3 Å². The number of ether oxygens (including phenoxy) is 2. The number of hydrogen-bond acceptors (Lipinski definition) is 3. The molecular formula is C17H27NO2. The van der Waals surface area contributed by atoms with E-state index >= 15 is 0 Å². The molecular weight excluding hydrogens is 250 g/mol. The molecule has 1 saturated carbocycles. The Balaban J connectivity index is 2.36. The predicted octanol–water partition coefficient (Wildman–Crippen LogP) is 3.93. The van der Waals surface area contributed by atoms with Crippen molar-refractivity contribution in [3.8, 4) is 11.5 Å². The summed E-state index contributed by atoms with van der Waals surface area (Å²) in [5, 5.41) is 3.54. The van der Waals surface area contributed by atoms with Gasteiger partial charge in [0.1, 0.15) is 0 Å². The van der Waals surface area contributed by atoms with Crippen LogP contribution in [0, 0.1) is 5.41 Å². The summed E-state index contributed by atoms with van der Waals surface area (Å²) >= 11 is 0. The number of nitrogens with one attached hydrogen (secondary N) is 1. The molecule has 3 nitrogen and oxygen atoms in total. The number of rotatable bonds is 6. The van der Waals surface area contributed by atoms with Crippen molar-refractivity contribution < 1.29 is 9.47 Å². The second kappa shape index (κ2) is 6.49. The van der Waals surface area contributed by atoms with Gasteiger partial charge in [0.15, 0.2) is 11.5 Å². The highest BCUT2D eigenvalue weighted by Crippen LogP contribution is 2.50. The van der Waals surface area contributed by atoms with Gasteiger partial charge in [-0.05, 0) is 49.4 Å². The molecule has 0 saturated heterocycles. The maximum Gasteiger partial charge on any atom is 0.161 e. The van der Waals surface area contributed by atoms with Crippen LogP contribution >= 0.6 is 0 Å². The minimum absolute atomic E-state index is 0.383. The van der Waals surface area contributed by atoms with Gasteiger partial charge >= 0.3 is 0 Å². The van der Waals surface area contributed by atoms with Crippen LogP contribution in [0.25, 0.3) is 0 Å². The molecule has 0 aliphatic heterocycles. The van der Waals surface area contributed by atoms with Gasteiger partial charge in [-0.1, -0.05) is 25.8 Å². The van der Waals surface area contributed by atoms with E-state index in [0.717, 1.165) is 11.5 Å². The Kier molecular flexibility index (Phi) is 4.92. The molecule has 0 aromatic heterocycles. The van der Waals surface area contributed by atoms with Crippen molar-refractivity contribution >= 4 is 0 Å². The van der Waals surface area contributed by atoms with E-state index < -0.39 is 0 Å². The highest BCUT2D eigenvalue weighted by molar-refractivity contribution is 5.44. The Morgan fingerprint density at radius 3 is 2.30 bits per heavy atom. The molecule has 0 heterocycles. The summed E-state index contributed by atoms with van der Waals surface area (Å²) in [7, 11) is 5.44. The summed E-state index contributed by atoms with van der Waals surface area (Å²) < 4.78 is 10.8. The van der Waals surface area contributed by atoms with E-state index in [4.69, 9.17) is 9.47 Å². The van der Waals surface area contributed by atoms with Crippen molar-refractivity contribution in [3.05, 3.63) is 23.8 Å². The first kappa shape index (κ1) is 15.2. The molecule has 0 radical (unpaired) electrons. The summed E-state index contributed by atoms with van der Waals surface area (Å²) in [6, 6.07) is 6.68. The Morgan fingerprint density at radius 2 is 1.80 bits per heavy atom. The molecule has 112 valence electrons. The highest BCUT2D eigenvalue weighted by Gasteiger charge is 2.39. The molecule has 1 aliphatic carbocycles. The minimum atomic E-state index is 0.383. The Bertz CT molecular complexity index is 439. The lowest BCUT2D eigenvalue weighted by atomic mass is 9.73. The third kappa shape index (κ3) is 2.64. The molecule has 1 aromatic carbocycles. The number of benzene rings is 1. The summed E-state index contributed by atoms with van der Waals surface area (Å²) in [4.78, 5) is 0. The lowest BCUT2D eigenvalue weighted by molar-refractivity contribution is 0.195. The Hall–Kier alpha value is -1.22. The second-order valence-electron chi connectivity index (χ2n) is 5.76. The fourth-order valence-corrected chi connectivity index (χ4v) is 3.78. The lowest BCUT2D eigenvalue weighted by Crippen LogP contribution is -2.34. The van der Waals surface area contributed by atoms with Crippen molar-refractivity contribution in [1.29, 1.82) is 0 Å². The number of methoxy groups -OCH3 is 2. The van der Waals surface area contributed by atoms with Gasteiger partial charge in [0.25, 0.3) is 0 Å². The third-order valence-corrected chi connectivity index (χ3v) is 4.95. The van der Waals surface area contributed by atoms with Crippen LogP contribution in [0.4, 0.5) is 0 Å². The molecule has 2 rings (SSSR count). The third-order valence-electron chi connectivity index (χ3n) is 4.95. The van der Waals surface area contributed by atoms with Gasteiger partial charge in [-0.3, -0.25) is 0 Å². The van der Waals surface area contributed by atoms with Gasteiger partial charge in [0, 0.05) is 6.04 Å². The van der Waals surface area contributed by atoms with Gasteiger partial charge in [-0.15, -0.1) is 0 Å². The summed E-state index contributed by atoms with van der Waals surface area (Å²) in [6.07, 6.45) is 6.53. The van der Waals surface area contributed by atoms with Crippen LogP contribution in [0.5, 0.6) is 11.5 Å². The molecule has 1 aromatic rings. The molecule has 3 heteroatoms. The summed E-state index contributed by atoms with van der Waals surface area (Å²) in [5.41, 5.74) is 1.68. The van der Waals surface area contributed by atoms with E-state index in [1.165, 1.54) is 37.7 Å². The first-order chi connectivity index (χ1) is 9.70. The monoisotopic (exact) mass is 277 g/mol. The zero-order valence-corrected chi connectivity index (χ0v) is 13.2. The van der Waals surface area contributed by atoms with Crippen molar-refractivity contribution in [2.45, 2.75) is 45.1 Å². The standard InChI is InChI=1S/C17H27NO2/c1-5-17(10-6-7-11-17)16(18-2)13-8-9-14(19-3)15(12-13)20-4/h8-9,12,16,18H,5-7,10-11H2,1-4H3. The SMILES string of the molecule is CCC1(C(NC)c2ccc(OC)c(OC)c2)CCCC1. The topological polar surface area (TPSA) is 30.5 Å². The van der Waals surface area contributed by atoms with Crippen LogP contribution in [0.1, 0.15) is 50.6 Å². The van der Waals surface area contributed by atoms with Crippen LogP contribution in [0.3, 0.4) is 0 Å². The molecule has 1 atom stereocenters. The first-order valence-electron chi connectivity index (χ1n) is 7.60. The fourth-order valence-electron chi connectivity index (χ4n) is 3.78. The van der Waals surface area contributed by atoms with Gasteiger partial charge < -0.3 is 14.8 Å². The Morgan fingerprint density at radius 1 is 1.15 bits per heavy atom. The van der Waals surface area contributed by atoms with E-state index in [9.17, 15) is 0 Å². The van der Waals surface area contributed by atoms with Gasteiger partial charge in [0.2, 0.25) is 0 Å². The normalized spacial score (nSPS) is 18.8. The average molecular weight is 277 g/mol. The molecule has 1 fully saturated rings. The second-order valence-corrected chi connectivity index (χ2v) is 5.76. The van der Waals surface area contributed by atoms with Crippen LogP contribution in [-0.4, -0.2) is 21.3 Å². The average Bonchev–Trinajstić information content (AvgIpc) is 2.97. The summed E-state index contributed by atoms with van der Waals surface area (Å²) in [6.45, 7) is 2.32. The molecule has 1 N–H and O–H groups in total. The fraction of sp³-hybridized carbons (Fsp3) is 0.647. The van der Waals surface area contributed by atoms with Crippen molar-refractivity contribution in [3.63, 3.8) is 0 Å². The van der Waals surface area contributed by atoms with Gasteiger partial charge in [-0.25, -0.2) is 0 Å². The largest absolute Gasteiger partial charge is 0.493 e. The van der Waals surface area contributed by atoms with E-state index in [-0.39, 0.29) is 0 Å². The van der Waals surface area contributed by atoms with Gasteiger partial charge in [-0.2, -0.15) is 0 Å². The molecule has 0 spiro atoms. The Labute approximate surface area is 122 Å². The number of hydrogen-bond donors (Lipinski definition) is 1. The molecule has 1 unspecified atom stereocenters. The minimum Gasteiger partial charge on any atom is -0.493 e. The maximum absolute atomic E-state index is 5.45.